The Morgan fingerprint density at radius 3 is 2.72 bits per heavy atom. The van der Waals surface area contributed by atoms with E-state index in [-0.39, 0.29) is 0 Å². The van der Waals surface area contributed by atoms with Gasteiger partial charge in [0, 0.05) is 7.05 Å². The van der Waals surface area contributed by atoms with Gasteiger partial charge in [-0.3, -0.25) is 4.99 Å². The first kappa shape index (κ1) is 13.9. The van der Waals surface area contributed by atoms with E-state index in [1.807, 2.05) is 0 Å². The minimum absolute atomic E-state index is 0.409. The Labute approximate surface area is 105 Å². The number of hydrogen-bond acceptors (Lipinski definition) is 5. The van der Waals surface area contributed by atoms with Crippen LogP contribution in [0.25, 0.3) is 0 Å². The Morgan fingerprint density at radius 1 is 1.50 bits per heavy atom. The van der Waals surface area contributed by atoms with Crippen molar-refractivity contribution < 1.29 is 28.1 Å². The lowest BCUT2D eigenvalue weighted by Crippen LogP contribution is -2.61. The number of thioether (sulfide) groups is 1. The Morgan fingerprint density at radius 2 is 2.17 bits per heavy atom. The van der Waals surface area contributed by atoms with Crippen LogP contribution in [0.5, 0.6) is 0 Å². The summed E-state index contributed by atoms with van der Waals surface area (Å²) in [5.41, 5.74) is -0.791. The number of amidine groups is 1. The van der Waals surface area contributed by atoms with Crippen molar-refractivity contribution >= 4 is 16.9 Å². The second-order valence-electron chi connectivity index (χ2n) is 4.05. The van der Waals surface area contributed by atoms with Crippen molar-refractivity contribution in [3.8, 4) is 0 Å². The van der Waals surface area contributed by atoms with Crippen LogP contribution >= 0.6 is 11.8 Å². The molecule has 2 rings (SSSR count). The summed E-state index contributed by atoms with van der Waals surface area (Å²) in [6, 6.07) is -0.857. The summed E-state index contributed by atoms with van der Waals surface area (Å²) >= 11 is 1.04. The van der Waals surface area contributed by atoms with Crippen LogP contribution in [0.15, 0.2) is 4.99 Å². The highest BCUT2D eigenvalue weighted by molar-refractivity contribution is 8.14. The van der Waals surface area contributed by atoms with Crippen molar-refractivity contribution in [1.29, 1.82) is 0 Å². The Balaban J connectivity index is 2.14. The van der Waals surface area contributed by atoms with Gasteiger partial charge in [0.05, 0.1) is 6.04 Å². The Kier molecular flexibility index (Phi) is 4.05. The van der Waals surface area contributed by atoms with Gasteiger partial charge in [-0.25, -0.2) is 13.2 Å². The highest BCUT2D eigenvalue weighted by Crippen LogP contribution is 2.36. The zero-order valence-electron chi connectivity index (χ0n) is 9.33. The third-order valence-corrected chi connectivity index (χ3v) is 4.07. The van der Waals surface area contributed by atoms with Gasteiger partial charge >= 0.3 is 0 Å². The normalized spacial score (nSPS) is 43.9. The molecule has 104 valence electrons. The third-order valence-electron chi connectivity index (χ3n) is 2.91. The van der Waals surface area contributed by atoms with Crippen molar-refractivity contribution in [3.63, 3.8) is 0 Å². The molecular weight excluding hydrogens is 273 g/mol. The van der Waals surface area contributed by atoms with E-state index in [0.717, 1.165) is 11.8 Å². The number of hydrogen-bond donors (Lipinski definition) is 3. The molecule has 0 aromatic heterocycles. The molecule has 18 heavy (non-hydrogen) atoms. The van der Waals surface area contributed by atoms with Crippen molar-refractivity contribution in [3.05, 3.63) is 0 Å². The topological polar surface area (TPSA) is 74.1 Å². The van der Waals surface area contributed by atoms with Gasteiger partial charge in [0.1, 0.15) is 23.7 Å². The number of nitrogens with zero attached hydrogens (tertiary/aromatic N) is 1. The summed E-state index contributed by atoms with van der Waals surface area (Å²) in [4.78, 5) is 3.81. The molecule has 2 aliphatic rings. The number of halogens is 3. The molecule has 6 unspecified atom stereocenters. The maximum absolute atomic E-state index is 13.9. The molecular formula is C9H13F3N2O3S. The monoisotopic (exact) mass is 286 g/mol. The van der Waals surface area contributed by atoms with Crippen LogP contribution in [0.4, 0.5) is 13.2 Å². The molecule has 2 heterocycles. The number of fused-ring (bicyclic) bond motifs is 1. The average Bonchev–Trinajstić information content (AvgIpc) is 2.76. The van der Waals surface area contributed by atoms with E-state index < -0.39 is 42.4 Å². The van der Waals surface area contributed by atoms with Gasteiger partial charge < -0.3 is 20.3 Å². The first-order valence-corrected chi connectivity index (χ1v) is 6.17. The van der Waals surface area contributed by atoms with Crippen LogP contribution in [-0.4, -0.2) is 64.8 Å². The number of ether oxygens (including phenoxy) is 1. The summed E-state index contributed by atoms with van der Waals surface area (Å²) in [6.07, 6.45) is -10.6. The maximum Gasteiger partial charge on any atom is 0.266 e. The Bertz CT molecular complexity index is 347. The third kappa shape index (κ3) is 2.31. The summed E-state index contributed by atoms with van der Waals surface area (Å²) in [6.45, 7) is 0. The van der Waals surface area contributed by atoms with Crippen LogP contribution < -0.4 is 5.32 Å². The van der Waals surface area contributed by atoms with Gasteiger partial charge in [-0.2, -0.15) is 0 Å². The van der Waals surface area contributed by atoms with E-state index >= 15 is 0 Å². The van der Waals surface area contributed by atoms with Crippen LogP contribution in [0.1, 0.15) is 0 Å². The summed E-state index contributed by atoms with van der Waals surface area (Å²) < 4.78 is 43.8. The lowest BCUT2D eigenvalue weighted by molar-refractivity contribution is -0.194. The summed E-state index contributed by atoms with van der Waals surface area (Å²) in [5.74, 6) is 0. The number of rotatable bonds is 2. The fourth-order valence-corrected chi connectivity index (χ4v) is 3.02. The molecule has 2 saturated heterocycles. The van der Waals surface area contributed by atoms with Crippen molar-refractivity contribution in [2.45, 2.75) is 42.4 Å². The van der Waals surface area contributed by atoms with Crippen LogP contribution in [-0.2, 0) is 4.74 Å². The fourth-order valence-electron chi connectivity index (χ4n) is 1.94. The predicted molar refractivity (Wildman–Crippen MR) is 59.4 cm³/mol. The second-order valence-corrected chi connectivity index (χ2v) is 5.13. The molecule has 0 radical (unpaired) electrons. The number of aliphatic hydroxyl groups excluding tert-OH is 2. The molecule has 2 aliphatic heterocycles. The molecule has 0 spiro atoms. The van der Waals surface area contributed by atoms with E-state index in [9.17, 15) is 23.4 Å². The van der Waals surface area contributed by atoms with Crippen LogP contribution in [0, 0.1) is 0 Å². The minimum atomic E-state index is -3.10. The lowest BCUT2D eigenvalue weighted by Gasteiger charge is -2.39. The fraction of sp³-hybridized carbons (Fsp3) is 0.889. The SMILES string of the molecule is CN=C1NC2C(OC(C(O)C(F)F)C(O)C2F)S1. The number of aliphatic imine (C=N–C) groups is 1. The smallest absolute Gasteiger partial charge is 0.266 e. The molecule has 0 aliphatic carbocycles. The standard InChI is InChI=1S/C9H13F3N2O3S/c1-13-9-14-3-2(10)4(15)6(5(16)7(11)12)17-8(3)18-9/h2-8,15-16H,1H3,(H,13,14). The van der Waals surface area contributed by atoms with E-state index in [4.69, 9.17) is 4.74 Å². The highest BCUT2D eigenvalue weighted by atomic mass is 32.2. The maximum atomic E-state index is 13.9. The summed E-state index contributed by atoms with van der Waals surface area (Å²) in [7, 11) is 1.49. The molecule has 2 fully saturated rings. The Hall–Kier alpha value is -0.510. The molecule has 0 amide bonds. The molecule has 3 N–H and O–H groups in total. The largest absolute Gasteiger partial charge is 0.387 e. The van der Waals surface area contributed by atoms with Gasteiger partial charge in [0.2, 0.25) is 0 Å². The van der Waals surface area contributed by atoms with E-state index in [1.165, 1.54) is 7.05 Å². The minimum Gasteiger partial charge on any atom is -0.387 e. The highest BCUT2D eigenvalue weighted by Gasteiger charge is 2.53. The molecule has 9 heteroatoms. The van der Waals surface area contributed by atoms with E-state index in [0.29, 0.717) is 5.17 Å². The lowest BCUT2D eigenvalue weighted by atomic mass is 9.96. The van der Waals surface area contributed by atoms with E-state index in [2.05, 4.69) is 10.3 Å². The zero-order valence-corrected chi connectivity index (χ0v) is 10.1. The number of nitrogens with one attached hydrogen (secondary N) is 1. The molecule has 6 atom stereocenters. The van der Waals surface area contributed by atoms with Gasteiger partial charge in [-0.15, -0.1) is 0 Å². The van der Waals surface area contributed by atoms with Crippen molar-refractivity contribution in [1.82, 2.24) is 5.32 Å². The summed E-state index contributed by atoms with van der Waals surface area (Å²) in [5, 5.41) is 21.9. The first-order chi connectivity index (χ1) is 8.45. The zero-order chi connectivity index (χ0) is 13.4. The molecule has 0 aromatic rings. The molecule has 0 bridgehead atoms. The first-order valence-electron chi connectivity index (χ1n) is 5.29. The van der Waals surface area contributed by atoms with Crippen LogP contribution in [0.3, 0.4) is 0 Å². The van der Waals surface area contributed by atoms with Gasteiger partial charge in [-0.1, -0.05) is 11.8 Å². The molecule has 0 saturated carbocycles. The van der Waals surface area contributed by atoms with Crippen molar-refractivity contribution in [2.75, 3.05) is 7.05 Å². The molecule has 5 nitrogen and oxygen atoms in total. The average molecular weight is 286 g/mol. The molecule has 0 aromatic carbocycles. The van der Waals surface area contributed by atoms with Crippen LogP contribution in [0.2, 0.25) is 0 Å². The van der Waals surface area contributed by atoms with Gasteiger partial charge in [-0.05, 0) is 0 Å². The number of alkyl halides is 3. The van der Waals surface area contributed by atoms with Crippen molar-refractivity contribution in [2.24, 2.45) is 4.99 Å². The van der Waals surface area contributed by atoms with Gasteiger partial charge in [0.15, 0.2) is 11.3 Å². The van der Waals surface area contributed by atoms with Gasteiger partial charge in [0.25, 0.3) is 6.43 Å². The van der Waals surface area contributed by atoms with E-state index in [1.54, 1.807) is 0 Å². The second kappa shape index (κ2) is 5.24. The quantitative estimate of drug-likeness (QED) is 0.651. The number of aliphatic hydroxyl groups is 2. The predicted octanol–water partition coefficient (Wildman–Crippen LogP) is -0.273.